The lowest BCUT2D eigenvalue weighted by atomic mass is 10.1. The third kappa shape index (κ3) is 3.52. The number of nitrogens with zero attached hydrogens (tertiary/aromatic N) is 1. The van der Waals surface area contributed by atoms with Crippen LogP contribution in [-0.4, -0.2) is 10.1 Å². The summed E-state index contributed by atoms with van der Waals surface area (Å²) in [5, 5.41) is 9.35. The van der Waals surface area contributed by atoms with Gasteiger partial charge < -0.3 is 9.84 Å². The van der Waals surface area contributed by atoms with Crippen molar-refractivity contribution in [3.8, 4) is 11.6 Å². The Morgan fingerprint density at radius 3 is 2.29 bits per heavy atom. The van der Waals surface area contributed by atoms with Crippen LogP contribution in [0.4, 0.5) is 13.2 Å². The SMILES string of the molecule is Cc1cc(C)c(CO)c(Oc2ccc(C(F)(F)F)cc2)n1. The van der Waals surface area contributed by atoms with Crippen molar-refractivity contribution in [2.75, 3.05) is 0 Å². The molecule has 3 nitrogen and oxygen atoms in total. The molecule has 0 spiro atoms. The summed E-state index contributed by atoms with van der Waals surface area (Å²) in [5.74, 6) is 0.435. The van der Waals surface area contributed by atoms with E-state index >= 15 is 0 Å². The number of aliphatic hydroxyl groups excluding tert-OH is 1. The van der Waals surface area contributed by atoms with Gasteiger partial charge in [0.05, 0.1) is 12.2 Å². The molecule has 0 saturated heterocycles. The van der Waals surface area contributed by atoms with E-state index in [1.807, 2.05) is 0 Å². The van der Waals surface area contributed by atoms with Gasteiger partial charge in [0.1, 0.15) is 5.75 Å². The van der Waals surface area contributed by atoms with Crippen LogP contribution >= 0.6 is 0 Å². The third-order valence-electron chi connectivity index (χ3n) is 2.99. The molecule has 0 amide bonds. The number of aliphatic hydroxyl groups is 1. The molecule has 0 aliphatic heterocycles. The van der Waals surface area contributed by atoms with Crippen molar-refractivity contribution < 1.29 is 23.0 Å². The van der Waals surface area contributed by atoms with Crippen LogP contribution in [0.3, 0.4) is 0 Å². The van der Waals surface area contributed by atoms with Crippen molar-refractivity contribution in [3.63, 3.8) is 0 Å². The predicted octanol–water partition coefficient (Wildman–Crippen LogP) is 4.00. The van der Waals surface area contributed by atoms with Crippen LogP contribution in [0.25, 0.3) is 0 Å². The first-order valence-electron chi connectivity index (χ1n) is 6.24. The van der Waals surface area contributed by atoms with Crippen LogP contribution in [-0.2, 0) is 12.8 Å². The number of aromatic nitrogens is 1. The normalized spacial score (nSPS) is 11.5. The number of alkyl halides is 3. The highest BCUT2D eigenvalue weighted by Crippen LogP contribution is 2.32. The molecule has 2 aromatic rings. The van der Waals surface area contributed by atoms with E-state index in [1.165, 1.54) is 12.1 Å². The summed E-state index contributed by atoms with van der Waals surface area (Å²) in [6.07, 6.45) is -4.38. The Morgan fingerprint density at radius 2 is 1.76 bits per heavy atom. The Labute approximate surface area is 120 Å². The summed E-state index contributed by atoms with van der Waals surface area (Å²) >= 11 is 0. The summed E-state index contributed by atoms with van der Waals surface area (Å²) in [5.41, 5.74) is 1.28. The maximum absolute atomic E-state index is 12.5. The van der Waals surface area contributed by atoms with Gasteiger partial charge in [0.15, 0.2) is 0 Å². The number of hydrogen-bond donors (Lipinski definition) is 1. The van der Waals surface area contributed by atoms with E-state index in [1.54, 1.807) is 19.9 Å². The monoisotopic (exact) mass is 297 g/mol. The molecule has 2 rings (SSSR count). The second kappa shape index (κ2) is 5.73. The van der Waals surface area contributed by atoms with Crippen molar-refractivity contribution in [3.05, 3.63) is 52.7 Å². The Kier molecular flexibility index (Phi) is 4.18. The van der Waals surface area contributed by atoms with Gasteiger partial charge in [-0.1, -0.05) is 0 Å². The molecule has 0 atom stereocenters. The van der Waals surface area contributed by atoms with Crippen LogP contribution in [0.1, 0.15) is 22.4 Å². The second-order valence-electron chi connectivity index (χ2n) is 4.65. The molecule has 0 unspecified atom stereocenters. The molecule has 0 bridgehead atoms. The molecule has 21 heavy (non-hydrogen) atoms. The van der Waals surface area contributed by atoms with Crippen LogP contribution in [0.15, 0.2) is 30.3 Å². The molecule has 0 aliphatic carbocycles. The lowest BCUT2D eigenvalue weighted by molar-refractivity contribution is -0.137. The van der Waals surface area contributed by atoms with Gasteiger partial charge in [-0.15, -0.1) is 0 Å². The van der Waals surface area contributed by atoms with Gasteiger partial charge in [-0.3, -0.25) is 0 Å². The van der Waals surface area contributed by atoms with E-state index in [4.69, 9.17) is 4.74 Å². The van der Waals surface area contributed by atoms with Gasteiger partial charge in [0, 0.05) is 11.3 Å². The zero-order chi connectivity index (χ0) is 15.6. The van der Waals surface area contributed by atoms with E-state index in [2.05, 4.69) is 4.98 Å². The smallest absolute Gasteiger partial charge is 0.416 e. The summed E-state index contributed by atoms with van der Waals surface area (Å²) in [4.78, 5) is 4.17. The van der Waals surface area contributed by atoms with Crippen molar-refractivity contribution in [2.24, 2.45) is 0 Å². The Bertz CT molecular complexity index is 637. The van der Waals surface area contributed by atoms with Crippen molar-refractivity contribution in [1.29, 1.82) is 0 Å². The molecule has 1 aromatic heterocycles. The van der Waals surface area contributed by atoms with Crippen molar-refractivity contribution in [1.82, 2.24) is 4.98 Å². The zero-order valence-electron chi connectivity index (χ0n) is 11.5. The van der Waals surface area contributed by atoms with Gasteiger partial charge in [-0.25, -0.2) is 4.98 Å². The van der Waals surface area contributed by atoms with Crippen LogP contribution in [0, 0.1) is 13.8 Å². The maximum Gasteiger partial charge on any atom is 0.416 e. The first-order valence-corrected chi connectivity index (χ1v) is 6.24. The summed E-state index contributed by atoms with van der Waals surface area (Å²) in [6.45, 7) is 3.32. The van der Waals surface area contributed by atoms with E-state index in [-0.39, 0.29) is 18.2 Å². The lowest BCUT2D eigenvalue weighted by Crippen LogP contribution is -2.04. The zero-order valence-corrected chi connectivity index (χ0v) is 11.5. The van der Waals surface area contributed by atoms with Crippen LogP contribution in [0.2, 0.25) is 0 Å². The second-order valence-corrected chi connectivity index (χ2v) is 4.65. The quantitative estimate of drug-likeness (QED) is 0.931. The number of aryl methyl sites for hydroxylation is 2. The largest absolute Gasteiger partial charge is 0.439 e. The van der Waals surface area contributed by atoms with Crippen molar-refractivity contribution >= 4 is 0 Å². The molecule has 0 aliphatic rings. The minimum atomic E-state index is -4.38. The van der Waals surface area contributed by atoms with Gasteiger partial charge in [0.2, 0.25) is 5.88 Å². The Balaban J connectivity index is 2.30. The number of rotatable bonds is 3. The fourth-order valence-electron chi connectivity index (χ4n) is 1.93. The first-order chi connectivity index (χ1) is 9.81. The van der Waals surface area contributed by atoms with E-state index in [9.17, 15) is 18.3 Å². The Morgan fingerprint density at radius 1 is 1.14 bits per heavy atom. The highest BCUT2D eigenvalue weighted by molar-refractivity contribution is 5.39. The topological polar surface area (TPSA) is 42.4 Å². The molecular formula is C15H14F3NO2. The van der Waals surface area contributed by atoms with E-state index in [0.717, 1.165) is 17.7 Å². The molecule has 1 heterocycles. The molecule has 6 heteroatoms. The number of halogens is 3. The maximum atomic E-state index is 12.5. The fraction of sp³-hybridized carbons (Fsp3) is 0.267. The molecule has 0 radical (unpaired) electrons. The summed E-state index contributed by atoms with van der Waals surface area (Å²) in [6, 6.07) is 6.13. The molecule has 1 N–H and O–H groups in total. The van der Waals surface area contributed by atoms with Gasteiger partial charge >= 0.3 is 6.18 Å². The molecule has 1 aromatic carbocycles. The average molecular weight is 297 g/mol. The standard InChI is InChI=1S/C15H14F3NO2/c1-9-7-10(2)19-14(13(9)8-20)21-12-5-3-11(4-6-12)15(16,17)18/h3-7,20H,8H2,1-2H3. The fourth-order valence-corrected chi connectivity index (χ4v) is 1.93. The van der Waals surface area contributed by atoms with E-state index < -0.39 is 11.7 Å². The number of pyridine rings is 1. The number of benzene rings is 1. The highest BCUT2D eigenvalue weighted by Gasteiger charge is 2.30. The molecule has 112 valence electrons. The lowest BCUT2D eigenvalue weighted by Gasteiger charge is -2.13. The summed E-state index contributed by atoms with van der Waals surface area (Å²) < 4.78 is 42.9. The van der Waals surface area contributed by atoms with Crippen LogP contribution < -0.4 is 4.74 Å². The van der Waals surface area contributed by atoms with Crippen molar-refractivity contribution in [2.45, 2.75) is 26.6 Å². The minimum Gasteiger partial charge on any atom is -0.439 e. The molecular weight excluding hydrogens is 283 g/mol. The highest BCUT2D eigenvalue weighted by atomic mass is 19.4. The van der Waals surface area contributed by atoms with E-state index in [0.29, 0.717) is 11.3 Å². The molecule has 0 fully saturated rings. The van der Waals surface area contributed by atoms with Crippen LogP contribution in [0.5, 0.6) is 11.6 Å². The average Bonchev–Trinajstić information content (AvgIpc) is 2.38. The third-order valence-corrected chi connectivity index (χ3v) is 2.99. The molecule has 0 saturated carbocycles. The Hall–Kier alpha value is -2.08. The first kappa shape index (κ1) is 15.3. The van der Waals surface area contributed by atoms with Gasteiger partial charge in [0.25, 0.3) is 0 Å². The van der Waals surface area contributed by atoms with Gasteiger partial charge in [-0.2, -0.15) is 13.2 Å². The number of ether oxygens (including phenoxy) is 1. The predicted molar refractivity (Wildman–Crippen MR) is 71.2 cm³/mol. The minimum absolute atomic E-state index is 0.203. The summed E-state index contributed by atoms with van der Waals surface area (Å²) in [7, 11) is 0. The van der Waals surface area contributed by atoms with Gasteiger partial charge in [-0.05, 0) is 49.7 Å². The number of hydrogen-bond acceptors (Lipinski definition) is 3.